The van der Waals surface area contributed by atoms with E-state index in [2.05, 4.69) is 5.32 Å². The fourth-order valence-electron chi connectivity index (χ4n) is 1.99. The van der Waals surface area contributed by atoms with E-state index in [9.17, 15) is 17.2 Å². The van der Waals surface area contributed by atoms with Crippen LogP contribution in [0.4, 0.5) is 14.5 Å². The summed E-state index contributed by atoms with van der Waals surface area (Å²) in [5.41, 5.74) is 5.02. The number of anilines is 1. The molecule has 0 aliphatic heterocycles. The molecule has 0 atom stereocenters. The van der Waals surface area contributed by atoms with E-state index in [4.69, 9.17) is 16.3 Å². The maximum Gasteiger partial charge on any atom is 0.243 e. The topological polar surface area (TPSA) is 122 Å². The monoisotopic (exact) mass is 326 g/mol. The molecule has 0 aliphatic carbocycles. The van der Waals surface area contributed by atoms with Gasteiger partial charge in [-0.2, -0.15) is 0 Å². The third-order valence-electron chi connectivity index (χ3n) is 2.79. The van der Waals surface area contributed by atoms with Crippen LogP contribution in [0.5, 0.6) is 0 Å². The number of halogens is 2. The minimum absolute atomic E-state index is 0.180. The van der Waals surface area contributed by atoms with Crippen LogP contribution in [0, 0.1) is 17.0 Å². The van der Waals surface area contributed by atoms with Crippen molar-refractivity contribution in [1.29, 1.82) is 5.41 Å². The van der Waals surface area contributed by atoms with Gasteiger partial charge in [0.2, 0.25) is 10.0 Å². The van der Waals surface area contributed by atoms with E-state index < -0.39 is 32.5 Å². The van der Waals surface area contributed by atoms with Gasteiger partial charge in [0.15, 0.2) is 16.7 Å². The van der Waals surface area contributed by atoms with Gasteiger partial charge in [0.05, 0.1) is 5.69 Å². The maximum atomic E-state index is 14.6. The third-order valence-corrected chi connectivity index (χ3v) is 3.74. The van der Waals surface area contributed by atoms with Crippen molar-refractivity contribution in [2.24, 2.45) is 10.9 Å². The molecule has 6 nitrogen and oxygen atoms in total. The standard InChI is InChI=1S/C13H12F2N4O2S/c14-8-6-9(19-13(16)17)10(7-4-2-1-3-5-7)11(15)12(8)22(18,20)21/h1-6H,(H4,16,17,19)(H2,18,20,21). The van der Waals surface area contributed by atoms with E-state index in [1.165, 1.54) is 12.1 Å². The predicted octanol–water partition coefficient (Wildman–Crippen LogP) is 1.58. The molecule has 0 spiro atoms. The van der Waals surface area contributed by atoms with Gasteiger partial charge in [0, 0.05) is 5.56 Å². The minimum atomic E-state index is -4.60. The Bertz CT molecular complexity index is 839. The lowest BCUT2D eigenvalue weighted by molar-refractivity contribution is 0.522. The van der Waals surface area contributed by atoms with Gasteiger partial charge in [-0.25, -0.2) is 22.3 Å². The van der Waals surface area contributed by atoms with Crippen LogP contribution in [0.2, 0.25) is 0 Å². The number of guanidine groups is 1. The average Bonchev–Trinajstić information content (AvgIpc) is 2.36. The fraction of sp³-hybridized carbons (Fsp3) is 0. The van der Waals surface area contributed by atoms with Gasteiger partial charge in [0.25, 0.3) is 0 Å². The highest BCUT2D eigenvalue weighted by Gasteiger charge is 2.26. The van der Waals surface area contributed by atoms with E-state index in [0.29, 0.717) is 0 Å². The van der Waals surface area contributed by atoms with Gasteiger partial charge in [0.1, 0.15) is 5.82 Å². The number of benzene rings is 2. The van der Waals surface area contributed by atoms with E-state index in [-0.39, 0.29) is 16.8 Å². The van der Waals surface area contributed by atoms with Crippen LogP contribution in [0.1, 0.15) is 0 Å². The highest BCUT2D eigenvalue weighted by atomic mass is 32.2. The number of nitrogens with two attached hydrogens (primary N) is 2. The molecule has 0 aromatic heterocycles. The molecular weight excluding hydrogens is 314 g/mol. The number of nitrogens with one attached hydrogen (secondary N) is 2. The molecule has 2 aromatic rings. The summed E-state index contributed by atoms with van der Waals surface area (Å²) in [6, 6.07) is 8.57. The summed E-state index contributed by atoms with van der Waals surface area (Å²) < 4.78 is 51.3. The summed E-state index contributed by atoms with van der Waals surface area (Å²) in [5.74, 6) is -3.28. The van der Waals surface area contributed by atoms with Gasteiger partial charge >= 0.3 is 0 Å². The third kappa shape index (κ3) is 3.05. The summed E-state index contributed by atoms with van der Waals surface area (Å²) in [6.45, 7) is 0. The zero-order valence-electron chi connectivity index (χ0n) is 11.1. The summed E-state index contributed by atoms with van der Waals surface area (Å²) in [7, 11) is -4.60. The van der Waals surface area contributed by atoms with Crippen LogP contribution >= 0.6 is 0 Å². The van der Waals surface area contributed by atoms with E-state index in [1.54, 1.807) is 18.2 Å². The van der Waals surface area contributed by atoms with Crippen molar-refractivity contribution in [3.8, 4) is 11.1 Å². The van der Waals surface area contributed by atoms with Gasteiger partial charge in [-0.05, 0) is 11.6 Å². The molecule has 0 bridgehead atoms. The van der Waals surface area contributed by atoms with Crippen LogP contribution in [0.25, 0.3) is 11.1 Å². The van der Waals surface area contributed by atoms with E-state index in [0.717, 1.165) is 6.07 Å². The van der Waals surface area contributed by atoms with Crippen molar-refractivity contribution in [1.82, 2.24) is 0 Å². The SMILES string of the molecule is N=C(N)Nc1cc(F)c(S(N)(=O)=O)c(F)c1-c1ccccc1. The van der Waals surface area contributed by atoms with Crippen LogP contribution in [0.15, 0.2) is 41.3 Å². The van der Waals surface area contributed by atoms with Crippen molar-refractivity contribution < 1.29 is 17.2 Å². The quantitative estimate of drug-likeness (QED) is 0.505. The number of primary sulfonamides is 1. The molecular formula is C13H12F2N4O2S. The van der Waals surface area contributed by atoms with E-state index in [1.807, 2.05) is 0 Å². The van der Waals surface area contributed by atoms with Gasteiger partial charge in [-0.1, -0.05) is 30.3 Å². The first-order valence-corrected chi connectivity index (χ1v) is 7.47. The first-order valence-electron chi connectivity index (χ1n) is 5.93. The Morgan fingerprint density at radius 1 is 1.18 bits per heavy atom. The Kier molecular flexibility index (Phi) is 4.11. The van der Waals surface area contributed by atoms with Gasteiger partial charge < -0.3 is 11.1 Å². The Balaban J connectivity index is 2.85. The largest absolute Gasteiger partial charge is 0.370 e. The van der Waals surface area contributed by atoms with E-state index >= 15 is 0 Å². The summed E-state index contributed by atoms with van der Waals surface area (Å²) in [6.07, 6.45) is 0. The Morgan fingerprint density at radius 2 is 1.77 bits per heavy atom. The molecule has 0 saturated carbocycles. The highest BCUT2D eigenvalue weighted by molar-refractivity contribution is 7.89. The van der Waals surface area contributed by atoms with Crippen molar-refractivity contribution in [2.75, 3.05) is 5.32 Å². The normalized spacial score (nSPS) is 11.2. The smallest absolute Gasteiger partial charge is 0.243 e. The molecule has 0 heterocycles. The lowest BCUT2D eigenvalue weighted by Crippen LogP contribution is -2.22. The lowest BCUT2D eigenvalue weighted by atomic mass is 10.0. The average molecular weight is 326 g/mol. The predicted molar refractivity (Wildman–Crippen MR) is 78.7 cm³/mol. The van der Waals surface area contributed by atoms with Crippen LogP contribution < -0.4 is 16.2 Å². The fourth-order valence-corrected chi connectivity index (χ4v) is 2.68. The van der Waals surface area contributed by atoms with Crippen LogP contribution in [-0.4, -0.2) is 14.4 Å². The van der Waals surface area contributed by atoms with Crippen molar-refractivity contribution in [3.05, 3.63) is 48.0 Å². The van der Waals surface area contributed by atoms with Gasteiger partial charge in [-0.3, -0.25) is 5.41 Å². The Morgan fingerprint density at radius 3 is 2.27 bits per heavy atom. The molecule has 6 N–H and O–H groups in total. The second kappa shape index (κ2) is 5.70. The summed E-state index contributed by atoms with van der Waals surface area (Å²) in [5, 5.41) is 14.3. The van der Waals surface area contributed by atoms with Crippen molar-refractivity contribution in [2.45, 2.75) is 4.90 Å². The number of hydrogen-bond acceptors (Lipinski definition) is 3. The molecule has 0 fully saturated rings. The number of hydrogen-bond donors (Lipinski definition) is 4. The van der Waals surface area contributed by atoms with Crippen molar-refractivity contribution >= 4 is 21.7 Å². The van der Waals surface area contributed by atoms with Crippen LogP contribution in [0.3, 0.4) is 0 Å². The summed E-state index contributed by atoms with van der Waals surface area (Å²) >= 11 is 0. The van der Waals surface area contributed by atoms with Crippen molar-refractivity contribution in [3.63, 3.8) is 0 Å². The highest BCUT2D eigenvalue weighted by Crippen LogP contribution is 2.35. The molecule has 9 heteroatoms. The zero-order chi connectivity index (χ0) is 16.5. The van der Waals surface area contributed by atoms with Crippen LogP contribution in [-0.2, 0) is 10.0 Å². The number of rotatable bonds is 3. The first kappa shape index (κ1) is 15.9. The molecule has 116 valence electrons. The molecule has 2 aromatic carbocycles. The Hall–Kier alpha value is -2.52. The molecule has 0 amide bonds. The second-order valence-electron chi connectivity index (χ2n) is 4.37. The number of sulfonamides is 1. The maximum absolute atomic E-state index is 14.6. The molecule has 0 radical (unpaired) electrons. The summed E-state index contributed by atoms with van der Waals surface area (Å²) in [4.78, 5) is -1.24. The molecule has 0 aliphatic rings. The molecule has 0 unspecified atom stereocenters. The zero-order valence-corrected chi connectivity index (χ0v) is 11.9. The molecule has 2 rings (SSSR count). The lowest BCUT2D eigenvalue weighted by Gasteiger charge is -2.15. The second-order valence-corrected chi connectivity index (χ2v) is 5.87. The minimum Gasteiger partial charge on any atom is -0.370 e. The molecule has 22 heavy (non-hydrogen) atoms. The molecule has 0 saturated heterocycles. The first-order chi connectivity index (χ1) is 10.2. The van der Waals surface area contributed by atoms with Gasteiger partial charge in [-0.15, -0.1) is 0 Å². The Labute approximate surface area is 125 Å².